The standard InChI is InChI=1S/C18H23N5O/c1-12-6-7-14(15(8-12)24-18(3,4)5)10-19-16-9-13(2)22-17-20-11-21-23(16)17/h6-9,11,19H,10H2,1-5H3. The summed E-state index contributed by atoms with van der Waals surface area (Å²) in [5.74, 6) is 2.35. The predicted molar refractivity (Wildman–Crippen MR) is 94.4 cm³/mol. The number of aromatic nitrogens is 4. The van der Waals surface area contributed by atoms with E-state index in [4.69, 9.17) is 4.74 Å². The molecule has 24 heavy (non-hydrogen) atoms. The second-order valence-corrected chi connectivity index (χ2v) is 6.93. The van der Waals surface area contributed by atoms with E-state index < -0.39 is 0 Å². The summed E-state index contributed by atoms with van der Waals surface area (Å²) in [4.78, 5) is 8.50. The van der Waals surface area contributed by atoms with E-state index >= 15 is 0 Å². The molecule has 0 atom stereocenters. The summed E-state index contributed by atoms with van der Waals surface area (Å²) in [6.45, 7) is 10.8. The lowest BCUT2D eigenvalue weighted by atomic mass is 10.1. The third kappa shape index (κ3) is 3.64. The number of anilines is 1. The molecule has 1 N–H and O–H groups in total. The fourth-order valence-electron chi connectivity index (χ4n) is 2.47. The molecule has 0 bridgehead atoms. The van der Waals surface area contributed by atoms with Gasteiger partial charge in [0.05, 0.1) is 0 Å². The third-order valence-corrected chi connectivity index (χ3v) is 3.48. The van der Waals surface area contributed by atoms with Gasteiger partial charge in [0.2, 0.25) is 0 Å². The van der Waals surface area contributed by atoms with Gasteiger partial charge in [-0.15, -0.1) is 0 Å². The lowest BCUT2D eigenvalue weighted by Gasteiger charge is -2.24. The second-order valence-electron chi connectivity index (χ2n) is 6.93. The maximum absolute atomic E-state index is 6.11. The van der Waals surface area contributed by atoms with Crippen LogP contribution in [0.2, 0.25) is 0 Å². The average Bonchev–Trinajstić information content (AvgIpc) is 2.92. The van der Waals surface area contributed by atoms with Crippen LogP contribution < -0.4 is 10.1 Å². The zero-order valence-electron chi connectivity index (χ0n) is 14.8. The van der Waals surface area contributed by atoms with Crippen molar-refractivity contribution in [3.63, 3.8) is 0 Å². The second kappa shape index (κ2) is 6.11. The molecule has 0 unspecified atom stereocenters. The molecular weight excluding hydrogens is 302 g/mol. The molecule has 0 fully saturated rings. The summed E-state index contributed by atoms with van der Waals surface area (Å²) < 4.78 is 7.81. The molecule has 0 aliphatic carbocycles. The summed E-state index contributed by atoms with van der Waals surface area (Å²) in [6, 6.07) is 8.22. The first-order valence-electron chi connectivity index (χ1n) is 8.02. The molecule has 0 saturated heterocycles. The van der Waals surface area contributed by atoms with Crippen LogP contribution in [0.1, 0.15) is 37.6 Å². The van der Waals surface area contributed by atoms with Gasteiger partial charge in [-0.1, -0.05) is 12.1 Å². The fourth-order valence-corrected chi connectivity index (χ4v) is 2.47. The predicted octanol–water partition coefficient (Wildman–Crippen LogP) is 3.53. The largest absolute Gasteiger partial charge is 0.488 e. The Morgan fingerprint density at radius 1 is 1.17 bits per heavy atom. The van der Waals surface area contributed by atoms with Crippen LogP contribution in [-0.4, -0.2) is 25.2 Å². The minimum absolute atomic E-state index is 0.241. The first kappa shape index (κ1) is 16.2. The van der Waals surface area contributed by atoms with Crippen LogP contribution in [-0.2, 0) is 6.54 Å². The minimum atomic E-state index is -0.241. The van der Waals surface area contributed by atoms with Crippen LogP contribution in [0.3, 0.4) is 0 Å². The molecule has 3 rings (SSSR count). The molecule has 0 saturated carbocycles. The first-order chi connectivity index (χ1) is 11.3. The molecule has 0 aliphatic rings. The van der Waals surface area contributed by atoms with E-state index in [1.54, 1.807) is 4.52 Å². The normalized spacial score (nSPS) is 11.7. The quantitative estimate of drug-likeness (QED) is 0.795. The number of hydrogen-bond acceptors (Lipinski definition) is 5. The van der Waals surface area contributed by atoms with E-state index in [2.05, 4.69) is 66.3 Å². The number of nitrogens with zero attached hydrogens (tertiary/aromatic N) is 4. The maximum atomic E-state index is 6.11. The zero-order chi connectivity index (χ0) is 17.3. The summed E-state index contributed by atoms with van der Waals surface area (Å²) in [5, 5.41) is 7.63. The minimum Gasteiger partial charge on any atom is -0.488 e. The third-order valence-electron chi connectivity index (χ3n) is 3.48. The Hall–Kier alpha value is -2.63. The highest BCUT2D eigenvalue weighted by Gasteiger charge is 2.15. The van der Waals surface area contributed by atoms with Gasteiger partial charge in [-0.2, -0.15) is 14.6 Å². The Morgan fingerprint density at radius 2 is 1.96 bits per heavy atom. The first-order valence-corrected chi connectivity index (χ1v) is 8.02. The molecule has 126 valence electrons. The van der Waals surface area contributed by atoms with Crippen molar-refractivity contribution in [2.24, 2.45) is 0 Å². The fraction of sp³-hybridized carbons (Fsp3) is 0.389. The van der Waals surface area contributed by atoms with Crippen molar-refractivity contribution in [1.82, 2.24) is 19.6 Å². The van der Waals surface area contributed by atoms with Gasteiger partial charge in [0, 0.05) is 23.9 Å². The number of nitrogens with one attached hydrogen (secondary N) is 1. The monoisotopic (exact) mass is 325 g/mol. The van der Waals surface area contributed by atoms with Crippen molar-refractivity contribution in [2.45, 2.75) is 46.8 Å². The zero-order valence-corrected chi connectivity index (χ0v) is 14.8. The van der Waals surface area contributed by atoms with Crippen LogP contribution in [0.15, 0.2) is 30.6 Å². The molecule has 3 aromatic rings. The Bertz CT molecular complexity index is 863. The smallest absolute Gasteiger partial charge is 0.254 e. The number of rotatable bonds is 4. The Kier molecular flexibility index (Phi) is 4.13. The van der Waals surface area contributed by atoms with E-state index in [0.717, 1.165) is 22.8 Å². The summed E-state index contributed by atoms with van der Waals surface area (Å²) in [7, 11) is 0. The highest BCUT2D eigenvalue weighted by atomic mass is 16.5. The van der Waals surface area contributed by atoms with Gasteiger partial charge in [0.1, 0.15) is 23.5 Å². The average molecular weight is 325 g/mol. The summed E-state index contributed by atoms with van der Waals surface area (Å²) >= 11 is 0. The molecule has 0 aliphatic heterocycles. The number of ether oxygens (including phenoxy) is 1. The van der Waals surface area contributed by atoms with Crippen molar-refractivity contribution in [1.29, 1.82) is 0 Å². The van der Waals surface area contributed by atoms with Gasteiger partial charge in [-0.3, -0.25) is 0 Å². The van der Waals surface area contributed by atoms with Crippen molar-refractivity contribution in [3.05, 3.63) is 47.4 Å². The Morgan fingerprint density at radius 3 is 2.71 bits per heavy atom. The van der Waals surface area contributed by atoms with E-state index in [0.29, 0.717) is 12.3 Å². The van der Waals surface area contributed by atoms with Crippen molar-refractivity contribution >= 4 is 11.6 Å². The van der Waals surface area contributed by atoms with Crippen LogP contribution in [0.4, 0.5) is 5.82 Å². The van der Waals surface area contributed by atoms with Crippen LogP contribution in [0.25, 0.3) is 5.78 Å². The number of benzene rings is 1. The molecule has 1 aromatic carbocycles. The van der Waals surface area contributed by atoms with E-state index in [9.17, 15) is 0 Å². The number of aryl methyl sites for hydroxylation is 2. The number of fused-ring (bicyclic) bond motifs is 1. The molecule has 0 radical (unpaired) electrons. The molecule has 2 heterocycles. The topological polar surface area (TPSA) is 64.3 Å². The molecule has 6 heteroatoms. The van der Waals surface area contributed by atoms with Gasteiger partial charge in [0.25, 0.3) is 5.78 Å². The lowest BCUT2D eigenvalue weighted by molar-refractivity contribution is 0.129. The molecule has 0 spiro atoms. The Balaban J connectivity index is 1.87. The lowest BCUT2D eigenvalue weighted by Crippen LogP contribution is -2.24. The van der Waals surface area contributed by atoms with Gasteiger partial charge in [-0.25, -0.2) is 4.98 Å². The molecule has 6 nitrogen and oxygen atoms in total. The van der Waals surface area contributed by atoms with E-state index in [-0.39, 0.29) is 5.60 Å². The van der Waals surface area contributed by atoms with E-state index in [1.165, 1.54) is 11.9 Å². The Labute approximate surface area is 141 Å². The van der Waals surface area contributed by atoms with Crippen molar-refractivity contribution in [2.75, 3.05) is 5.32 Å². The van der Waals surface area contributed by atoms with Crippen LogP contribution >= 0.6 is 0 Å². The van der Waals surface area contributed by atoms with Gasteiger partial charge in [0.15, 0.2) is 0 Å². The summed E-state index contributed by atoms with van der Waals surface area (Å²) in [6.07, 6.45) is 1.51. The van der Waals surface area contributed by atoms with Gasteiger partial charge in [-0.05, 0) is 46.2 Å². The summed E-state index contributed by atoms with van der Waals surface area (Å²) in [5.41, 5.74) is 2.93. The van der Waals surface area contributed by atoms with Gasteiger partial charge >= 0.3 is 0 Å². The highest BCUT2D eigenvalue weighted by Crippen LogP contribution is 2.25. The maximum Gasteiger partial charge on any atom is 0.254 e. The van der Waals surface area contributed by atoms with Crippen molar-refractivity contribution < 1.29 is 4.74 Å². The van der Waals surface area contributed by atoms with Crippen LogP contribution in [0, 0.1) is 13.8 Å². The SMILES string of the molecule is Cc1ccc(CNc2cc(C)nc3ncnn23)c(OC(C)(C)C)c1. The molecular formula is C18H23N5O. The highest BCUT2D eigenvalue weighted by molar-refractivity contribution is 5.47. The molecule has 2 aromatic heterocycles. The number of hydrogen-bond donors (Lipinski definition) is 1. The van der Waals surface area contributed by atoms with Crippen LogP contribution in [0.5, 0.6) is 5.75 Å². The van der Waals surface area contributed by atoms with Gasteiger partial charge < -0.3 is 10.1 Å². The van der Waals surface area contributed by atoms with E-state index in [1.807, 2.05) is 13.0 Å². The van der Waals surface area contributed by atoms with Crippen molar-refractivity contribution in [3.8, 4) is 5.75 Å². The molecule has 0 amide bonds.